The van der Waals surface area contributed by atoms with Crippen LogP contribution in [0.15, 0.2) is 73.1 Å². The third-order valence-electron chi connectivity index (χ3n) is 7.90. The summed E-state index contributed by atoms with van der Waals surface area (Å²) in [5, 5.41) is 9.03. The van der Waals surface area contributed by atoms with Crippen molar-refractivity contribution in [1.82, 2.24) is 24.6 Å². The lowest BCUT2D eigenvalue weighted by atomic mass is 9.99. The number of amides is 1. The van der Waals surface area contributed by atoms with Crippen LogP contribution in [0.4, 0.5) is 5.69 Å². The van der Waals surface area contributed by atoms with Crippen LogP contribution in [0.2, 0.25) is 0 Å². The molecule has 1 aliphatic rings. The van der Waals surface area contributed by atoms with E-state index in [0.29, 0.717) is 0 Å². The molecule has 0 spiro atoms. The molecule has 1 amide bonds. The minimum atomic E-state index is -0.0729. The van der Waals surface area contributed by atoms with E-state index in [-0.39, 0.29) is 17.9 Å². The molecule has 2 N–H and O–H groups in total. The Hall–Kier alpha value is -4.23. The molecule has 2 aromatic carbocycles. The van der Waals surface area contributed by atoms with Gasteiger partial charge in [-0.2, -0.15) is 5.10 Å². The van der Waals surface area contributed by atoms with Gasteiger partial charge in [0.1, 0.15) is 11.3 Å². The molecule has 3 aromatic heterocycles. The molecule has 1 saturated heterocycles. The zero-order valence-corrected chi connectivity index (χ0v) is 24.3. The standard InChI is InChI=1S/C34H38N6O/c1-22(2)34(41)36-27-13-11-26(12-14-27)32-30(21-40(38-32)23(3)4)28-15-16-35-33-29(28)19-31(37-33)25-9-7-24(8-10-25)20-39-17-5-6-18-39/h7-16,19,21-23H,5-6,17-18,20H2,1-4H3,(H,35,37)(H,36,41). The number of aromatic amines is 1. The van der Waals surface area contributed by atoms with Crippen molar-refractivity contribution in [2.45, 2.75) is 53.1 Å². The van der Waals surface area contributed by atoms with E-state index in [4.69, 9.17) is 5.10 Å². The number of aromatic nitrogens is 4. The molecular formula is C34H38N6O. The van der Waals surface area contributed by atoms with E-state index < -0.39 is 0 Å². The topological polar surface area (TPSA) is 78.8 Å². The van der Waals surface area contributed by atoms with Gasteiger partial charge < -0.3 is 10.3 Å². The Morgan fingerprint density at radius 1 is 0.927 bits per heavy atom. The number of likely N-dealkylation sites (tertiary alicyclic amines) is 1. The average molecular weight is 547 g/mol. The highest BCUT2D eigenvalue weighted by molar-refractivity contribution is 5.99. The molecule has 210 valence electrons. The molecular weight excluding hydrogens is 508 g/mol. The monoisotopic (exact) mass is 546 g/mol. The van der Waals surface area contributed by atoms with Crippen molar-refractivity contribution in [3.8, 4) is 33.6 Å². The van der Waals surface area contributed by atoms with Crippen molar-refractivity contribution < 1.29 is 4.79 Å². The van der Waals surface area contributed by atoms with Crippen LogP contribution in [-0.2, 0) is 11.3 Å². The maximum absolute atomic E-state index is 12.2. The second-order valence-corrected chi connectivity index (χ2v) is 11.7. The van der Waals surface area contributed by atoms with E-state index in [1.165, 1.54) is 31.5 Å². The summed E-state index contributed by atoms with van der Waals surface area (Å²) >= 11 is 0. The largest absolute Gasteiger partial charge is 0.339 e. The summed E-state index contributed by atoms with van der Waals surface area (Å²) in [6.07, 6.45) is 6.60. The summed E-state index contributed by atoms with van der Waals surface area (Å²) < 4.78 is 2.01. The number of nitrogens with zero attached hydrogens (tertiary/aromatic N) is 4. The van der Waals surface area contributed by atoms with Crippen LogP contribution in [0.3, 0.4) is 0 Å². The summed E-state index contributed by atoms with van der Waals surface area (Å²) in [6.45, 7) is 11.5. The van der Waals surface area contributed by atoms with Crippen molar-refractivity contribution >= 4 is 22.6 Å². The zero-order valence-electron chi connectivity index (χ0n) is 24.3. The highest BCUT2D eigenvalue weighted by Gasteiger charge is 2.19. The van der Waals surface area contributed by atoms with Crippen LogP contribution in [0.1, 0.15) is 52.1 Å². The summed E-state index contributed by atoms with van der Waals surface area (Å²) in [7, 11) is 0. The molecule has 0 aliphatic carbocycles. The first-order chi connectivity index (χ1) is 19.9. The van der Waals surface area contributed by atoms with Crippen LogP contribution in [0.25, 0.3) is 44.7 Å². The fraction of sp³-hybridized carbons (Fsp3) is 0.324. The first-order valence-corrected chi connectivity index (χ1v) is 14.7. The van der Waals surface area contributed by atoms with Gasteiger partial charge >= 0.3 is 0 Å². The van der Waals surface area contributed by atoms with Crippen molar-refractivity contribution in [2.24, 2.45) is 5.92 Å². The minimum Gasteiger partial charge on any atom is -0.339 e. The smallest absolute Gasteiger partial charge is 0.226 e. The predicted molar refractivity (Wildman–Crippen MR) is 167 cm³/mol. The Bertz CT molecular complexity index is 1650. The fourth-order valence-corrected chi connectivity index (χ4v) is 5.47. The molecule has 1 aliphatic heterocycles. The fourth-order valence-electron chi connectivity index (χ4n) is 5.47. The lowest BCUT2D eigenvalue weighted by molar-refractivity contribution is -0.118. The van der Waals surface area contributed by atoms with E-state index in [9.17, 15) is 4.79 Å². The molecule has 7 nitrogen and oxygen atoms in total. The lowest BCUT2D eigenvalue weighted by Gasteiger charge is -2.14. The van der Waals surface area contributed by atoms with Crippen molar-refractivity contribution in [2.75, 3.05) is 18.4 Å². The first kappa shape index (κ1) is 27.0. The Kier molecular flexibility index (Phi) is 7.45. The molecule has 0 saturated carbocycles. The third kappa shape index (κ3) is 5.68. The summed E-state index contributed by atoms with van der Waals surface area (Å²) in [5.74, 6) is -0.0672. The molecule has 0 atom stereocenters. The Balaban J connectivity index is 1.34. The maximum atomic E-state index is 12.2. The van der Waals surface area contributed by atoms with Gasteiger partial charge in [0.2, 0.25) is 5.91 Å². The Morgan fingerprint density at radius 2 is 1.63 bits per heavy atom. The number of anilines is 1. The number of carbonyl (C=O) groups excluding carboxylic acids is 1. The number of hydrogen-bond acceptors (Lipinski definition) is 4. The van der Waals surface area contributed by atoms with Crippen molar-refractivity contribution in [3.05, 3.63) is 78.6 Å². The van der Waals surface area contributed by atoms with Gasteiger partial charge in [-0.05, 0) is 80.7 Å². The summed E-state index contributed by atoms with van der Waals surface area (Å²) in [5.41, 5.74) is 9.23. The molecule has 5 aromatic rings. The second kappa shape index (κ2) is 11.3. The zero-order chi connectivity index (χ0) is 28.5. The normalized spacial score (nSPS) is 14.0. The molecule has 41 heavy (non-hydrogen) atoms. The lowest BCUT2D eigenvalue weighted by Crippen LogP contribution is -2.18. The third-order valence-corrected chi connectivity index (χ3v) is 7.90. The molecule has 4 heterocycles. The van der Waals surface area contributed by atoms with E-state index in [1.807, 2.05) is 49.0 Å². The van der Waals surface area contributed by atoms with Gasteiger partial charge in [-0.3, -0.25) is 14.4 Å². The number of pyridine rings is 1. The van der Waals surface area contributed by atoms with Gasteiger partial charge in [-0.15, -0.1) is 0 Å². The predicted octanol–water partition coefficient (Wildman–Crippen LogP) is 7.53. The van der Waals surface area contributed by atoms with Gasteiger partial charge in [0.15, 0.2) is 0 Å². The number of carbonyl (C=O) groups is 1. The summed E-state index contributed by atoms with van der Waals surface area (Å²) in [4.78, 5) is 22.9. The highest BCUT2D eigenvalue weighted by Crippen LogP contribution is 2.37. The molecule has 7 heteroatoms. The van der Waals surface area contributed by atoms with E-state index >= 15 is 0 Å². The average Bonchev–Trinajstić information content (AvgIpc) is 3.73. The van der Waals surface area contributed by atoms with Gasteiger partial charge in [0.05, 0.1) is 0 Å². The van der Waals surface area contributed by atoms with Crippen LogP contribution >= 0.6 is 0 Å². The second-order valence-electron chi connectivity index (χ2n) is 11.7. The van der Waals surface area contributed by atoms with Crippen molar-refractivity contribution in [1.29, 1.82) is 0 Å². The molecule has 0 unspecified atom stereocenters. The van der Waals surface area contributed by atoms with Crippen LogP contribution < -0.4 is 5.32 Å². The number of H-pyrrole nitrogens is 1. The highest BCUT2D eigenvalue weighted by atomic mass is 16.1. The minimum absolute atomic E-state index is 0.00574. The van der Waals surface area contributed by atoms with Crippen LogP contribution in [-0.4, -0.2) is 43.6 Å². The van der Waals surface area contributed by atoms with E-state index in [0.717, 1.165) is 56.9 Å². The molecule has 0 radical (unpaired) electrons. The van der Waals surface area contributed by atoms with Crippen LogP contribution in [0.5, 0.6) is 0 Å². The van der Waals surface area contributed by atoms with E-state index in [1.54, 1.807) is 0 Å². The van der Waals surface area contributed by atoms with Gasteiger partial charge in [0, 0.05) is 58.8 Å². The number of nitrogens with one attached hydrogen (secondary N) is 2. The quantitative estimate of drug-likeness (QED) is 0.211. The van der Waals surface area contributed by atoms with Gasteiger partial charge in [0.25, 0.3) is 0 Å². The SMILES string of the molecule is CC(C)C(=O)Nc1ccc(-c2nn(C(C)C)cc2-c2ccnc3[nH]c(-c4ccc(CN5CCCC5)cc4)cc23)cc1. The Morgan fingerprint density at radius 3 is 2.32 bits per heavy atom. The number of benzene rings is 2. The van der Waals surface area contributed by atoms with Crippen LogP contribution in [0, 0.1) is 5.92 Å². The van der Waals surface area contributed by atoms with E-state index in [2.05, 4.69) is 76.6 Å². The molecule has 1 fully saturated rings. The Labute approximate surface area is 241 Å². The summed E-state index contributed by atoms with van der Waals surface area (Å²) in [6, 6.07) is 21.3. The molecule has 0 bridgehead atoms. The van der Waals surface area contributed by atoms with Gasteiger partial charge in [-0.25, -0.2) is 4.98 Å². The number of rotatable bonds is 8. The maximum Gasteiger partial charge on any atom is 0.226 e. The number of fused-ring (bicyclic) bond motifs is 1. The molecule has 6 rings (SSSR count). The number of hydrogen-bond donors (Lipinski definition) is 2. The first-order valence-electron chi connectivity index (χ1n) is 14.7. The van der Waals surface area contributed by atoms with Gasteiger partial charge in [-0.1, -0.05) is 50.2 Å². The van der Waals surface area contributed by atoms with Crippen molar-refractivity contribution in [3.63, 3.8) is 0 Å².